The second-order valence-corrected chi connectivity index (χ2v) is 3.02. The maximum Gasteiger partial charge on any atom is 0.159 e. The Kier molecular flexibility index (Phi) is 2.17. The van der Waals surface area contributed by atoms with Gasteiger partial charge in [0.2, 0.25) is 0 Å². The zero-order chi connectivity index (χ0) is 9.97. The van der Waals surface area contributed by atoms with Crippen LogP contribution in [0.15, 0.2) is 30.6 Å². The van der Waals surface area contributed by atoms with Gasteiger partial charge in [-0.25, -0.2) is 0 Å². The van der Waals surface area contributed by atoms with Gasteiger partial charge in [-0.1, -0.05) is 11.6 Å². The second kappa shape index (κ2) is 3.48. The van der Waals surface area contributed by atoms with E-state index >= 15 is 0 Å². The highest BCUT2D eigenvalue weighted by molar-refractivity contribution is 6.29. The molecule has 0 spiro atoms. The largest absolute Gasteiger partial charge is 0.306 e. The zero-order valence-electron chi connectivity index (χ0n) is 7.05. The smallest absolute Gasteiger partial charge is 0.159 e. The Morgan fingerprint density at radius 3 is 2.71 bits per heavy atom. The highest BCUT2D eigenvalue weighted by Gasteiger charge is 1.99. The van der Waals surface area contributed by atoms with Gasteiger partial charge >= 0.3 is 0 Å². The first-order chi connectivity index (χ1) is 6.79. The average Bonchev–Trinajstić information content (AvgIpc) is 2.67. The monoisotopic (exact) mass is 204 g/mol. The summed E-state index contributed by atoms with van der Waals surface area (Å²) < 4.78 is 1.71. The van der Waals surface area contributed by atoms with Crippen molar-refractivity contribution in [3.05, 3.63) is 41.3 Å². The summed E-state index contributed by atoms with van der Waals surface area (Å²) in [7, 11) is 0. The van der Waals surface area contributed by atoms with E-state index < -0.39 is 0 Å². The first kappa shape index (κ1) is 8.73. The predicted molar refractivity (Wildman–Crippen MR) is 51.1 cm³/mol. The highest BCUT2D eigenvalue weighted by atomic mass is 35.5. The fourth-order valence-corrected chi connectivity index (χ4v) is 1.15. The maximum atomic E-state index is 8.62. The Labute approximate surface area is 85.4 Å². The van der Waals surface area contributed by atoms with E-state index in [1.807, 2.05) is 6.07 Å². The molecule has 0 aromatic carbocycles. The lowest BCUT2D eigenvalue weighted by atomic mass is 10.4. The van der Waals surface area contributed by atoms with Crippen molar-refractivity contribution >= 4 is 11.6 Å². The molecule has 0 fully saturated rings. The molecule has 0 N–H and O–H groups in total. The lowest BCUT2D eigenvalue weighted by Crippen LogP contribution is -1.95. The van der Waals surface area contributed by atoms with Crippen LogP contribution in [0, 0.1) is 11.3 Å². The minimum atomic E-state index is 0.349. The Morgan fingerprint density at radius 1 is 1.29 bits per heavy atom. The summed E-state index contributed by atoms with van der Waals surface area (Å²) in [6, 6.07) is 7.12. The molecule has 2 heterocycles. The first-order valence-electron chi connectivity index (χ1n) is 3.87. The number of aromatic nitrogens is 3. The number of nitrogens with zero attached hydrogens (tertiary/aromatic N) is 4. The van der Waals surface area contributed by atoms with Crippen LogP contribution in [0.1, 0.15) is 5.56 Å². The molecule has 0 saturated heterocycles. The fourth-order valence-electron chi connectivity index (χ4n) is 1.05. The Bertz CT molecular complexity index is 480. The maximum absolute atomic E-state index is 8.62. The predicted octanol–water partition coefficient (Wildman–Crippen LogP) is 1.79. The van der Waals surface area contributed by atoms with Crippen LogP contribution >= 0.6 is 11.6 Å². The van der Waals surface area contributed by atoms with Gasteiger partial charge in [-0.3, -0.25) is 0 Å². The molecule has 0 aliphatic carbocycles. The zero-order valence-corrected chi connectivity index (χ0v) is 7.81. The van der Waals surface area contributed by atoms with Crippen molar-refractivity contribution < 1.29 is 0 Å². The summed E-state index contributed by atoms with van der Waals surface area (Å²) in [6.45, 7) is 0. The van der Waals surface area contributed by atoms with E-state index in [4.69, 9.17) is 16.9 Å². The third-order valence-electron chi connectivity index (χ3n) is 1.70. The highest BCUT2D eigenvalue weighted by Crippen LogP contribution is 2.08. The quantitative estimate of drug-likeness (QED) is 0.712. The van der Waals surface area contributed by atoms with Crippen LogP contribution in [0.2, 0.25) is 5.15 Å². The van der Waals surface area contributed by atoms with Gasteiger partial charge in [0.25, 0.3) is 0 Å². The Balaban J connectivity index is 2.40. The van der Waals surface area contributed by atoms with E-state index in [9.17, 15) is 0 Å². The standard InChI is InChI=1S/C9H5ClN4/c10-8-1-2-9(13-12-8)14-4-3-7(5-11)6-14/h1-4,6H. The first-order valence-corrected chi connectivity index (χ1v) is 4.25. The molecule has 14 heavy (non-hydrogen) atoms. The summed E-state index contributed by atoms with van der Waals surface area (Å²) >= 11 is 5.60. The lowest BCUT2D eigenvalue weighted by molar-refractivity contribution is 0.919. The lowest BCUT2D eigenvalue weighted by Gasteiger charge is -1.98. The minimum Gasteiger partial charge on any atom is -0.306 e. The van der Waals surface area contributed by atoms with Gasteiger partial charge in [0.15, 0.2) is 11.0 Å². The molecule has 68 valence electrons. The Morgan fingerprint density at radius 2 is 2.14 bits per heavy atom. The molecule has 0 radical (unpaired) electrons. The van der Waals surface area contributed by atoms with Gasteiger partial charge < -0.3 is 4.57 Å². The van der Waals surface area contributed by atoms with Crippen LogP contribution < -0.4 is 0 Å². The third kappa shape index (κ3) is 1.58. The summed E-state index contributed by atoms with van der Waals surface area (Å²) in [6.07, 6.45) is 3.42. The normalized spacial score (nSPS) is 9.71. The van der Waals surface area contributed by atoms with Gasteiger partial charge in [0.05, 0.1) is 5.56 Å². The molecular weight excluding hydrogens is 200 g/mol. The van der Waals surface area contributed by atoms with E-state index in [1.54, 1.807) is 35.2 Å². The molecule has 0 saturated carbocycles. The van der Waals surface area contributed by atoms with Crippen molar-refractivity contribution in [2.75, 3.05) is 0 Å². The molecule has 2 rings (SSSR count). The van der Waals surface area contributed by atoms with Crippen LogP contribution in [-0.2, 0) is 0 Å². The van der Waals surface area contributed by atoms with Gasteiger partial charge in [-0.2, -0.15) is 5.26 Å². The number of hydrogen-bond donors (Lipinski definition) is 0. The molecule has 0 aliphatic rings. The molecule has 0 aliphatic heterocycles. The summed E-state index contributed by atoms with van der Waals surface area (Å²) in [5.41, 5.74) is 0.585. The van der Waals surface area contributed by atoms with Crippen molar-refractivity contribution in [2.24, 2.45) is 0 Å². The summed E-state index contributed by atoms with van der Waals surface area (Å²) in [4.78, 5) is 0. The van der Waals surface area contributed by atoms with Crippen molar-refractivity contribution in [3.8, 4) is 11.9 Å². The van der Waals surface area contributed by atoms with E-state index in [-0.39, 0.29) is 0 Å². The van der Waals surface area contributed by atoms with Crippen LogP contribution in [0.4, 0.5) is 0 Å². The van der Waals surface area contributed by atoms with Crippen molar-refractivity contribution in [3.63, 3.8) is 0 Å². The van der Waals surface area contributed by atoms with E-state index in [0.717, 1.165) is 0 Å². The van der Waals surface area contributed by atoms with Gasteiger partial charge in [-0.15, -0.1) is 10.2 Å². The van der Waals surface area contributed by atoms with Crippen LogP contribution in [-0.4, -0.2) is 14.8 Å². The third-order valence-corrected chi connectivity index (χ3v) is 1.91. The number of rotatable bonds is 1. The molecule has 2 aromatic heterocycles. The Hall–Kier alpha value is -1.86. The van der Waals surface area contributed by atoms with Crippen LogP contribution in [0.3, 0.4) is 0 Å². The molecule has 5 heteroatoms. The second-order valence-electron chi connectivity index (χ2n) is 2.63. The number of halogens is 1. The molecule has 2 aromatic rings. The molecule has 0 amide bonds. The molecular formula is C9H5ClN4. The van der Waals surface area contributed by atoms with Gasteiger partial charge in [-0.05, 0) is 18.2 Å². The molecule has 0 atom stereocenters. The van der Waals surface area contributed by atoms with Crippen molar-refractivity contribution in [2.45, 2.75) is 0 Å². The topological polar surface area (TPSA) is 54.5 Å². The molecule has 0 bridgehead atoms. The fraction of sp³-hybridized carbons (Fsp3) is 0. The van der Waals surface area contributed by atoms with Crippen molar-refractivity contribution in [1.82, 2.24) is 14.8 Å². The van der Waals surface area contributed by atoms with Crippen molar-refractivity contribution in [1.29, 1.82) is 5.26 Å². The number of hydrogen-bond acceptors (Lipinski definition) is 3. The minimum absolute atomic E-state index is 0.349. The molecule has 4 nitrogen and oxygen atoms in total. The SMILES string of the molecule is N#Cc1ccn(-c2ccc(Cl)nn2)c1. The average molecular weight is 205 g/mol. The molecule has 0 unspecified atom stereocenters. The van der Waals surface area contributed by atoms with Gasteiger partial charge in [0.1, 0.15) is 6.07 Å². The van der Waals surface area contributed by atoms with Gasteiger partial charge in [0, 0.05) is 12.4 Å². The number of nitriles is 1. The van der Waals surface area contributed by atoms with Crippen LogP contribution in [0.5, 0.6) is 0 Å². The van der Waals surface area contributed by atoms with E-state index in [1.165, 1.54) is 0 Å². The van der Waals surface area contributed by atoms with Crippen LogP contribution in [0.25, 0.3) is 5.82 Å². The summed E-state index contributed by atoms with van der Waals surface area (Å²) in [5.74, 6) is 0.635. The van der Waals surface area contributed by atoms with E-state index in [2.05, 4.69) is 10.2 Å². The summed E-state index contributed by atoms with van der Waals surface area (Å²) in [5, 5.41) is 16.5. The van der Waals surface area contributed by atoms with E-state index in [0.29, 0.717) is 16.5 Å².